The van der Waals surface area contributed by atoms with E-state index >= 15 is 0 Å². The second-order valence-corrected chi connectivity index (χ2v) is 6.16. The SMILES string of the molecule is Fc1cccc(C[As]C2CC2)c1. The Morgan fingerprint density at radius 1 is 1.42 bits per heavy atom. The molecule has 1 aromatic rings. The molecule has 0 heterocycles. The number of halogens is 1. The first kappa shape index (κ1) is 8.31. The Morgan fingerprint density at radius 3 is 2.92 bits per heavy atom. The Kier molecular flexibility index (Phi) is 2.50. The Labute approximate surface area is 78.9 Å². The maximum atomic E-state index is 12.7. The first-order valence-corrected chi connectivity index (χ1v) is 6.67. The third kappa shape index (κ3) is 2.35. The van der Waals surface area contributed by atoms with Crippen LogP contribution in [0.5, 0.6) is 0 Å². The minimum atomic E-state index is -0.0931. The Bertz CT molecular complexity index is 268. The summed E-state index contributed by atoms with van der Waals surface area (Å²) in [5, 5.41) is 1.14. The standard InChI is InChI=1S/C10H11AsF/c12-10-3-1-2-8(6-10)7-11-9-4-5-9/h1-3,6,9H,4-5,7H2. The van der Waals surface area contributed by atoms with E-state index in [2.05, 4.69) is 0 Å². The van der Waals surface area contributed by atoms with Crippen molar-refractivity contribution in [2.24, 2.45) is 0 Å². The van der Waals surface area contributed by atoms with Gasteiger partial charge in [0.1, 0.15) is 0 Å². The van der Waals surface area contributed by atoms with E-state index in [1.54, 1.807) is 12.1 Å². The molecule has 0 unspecified atom stereocenters. The van der Waals surface area contributed by atoms with E-state index < -0.39 is 0 Å². The monoisotopic (exact) mass is 225 g/mol. The van der Waals surface area contributed by atoms with E-state index in [4.69, 9.17) is 0 Å². The van der Waals surface area contributed by atoms with E-state index in [-0.39, 0.29) is 5.82 Å². The first-order chi connectivity index (χ1) is 5.84. The summed E-state index contributed by atoms with van der Waals surface area (Å²) in [5.74, 6) is -0.0931. The molecule has 2 rings (SSSR count). The molecule has 1 aliphatic rings. The molecule has 1 aromatic carbocycles. The average Bonchev–Trinajstić information content (AvgIpc) is 2.84. The molecule has 2 heteroatoms. The molecule has 1 fully saturated rings. The Hall–Kier alpha value is -0.292. The van der Waals surface area contributed by atoms with Crippen LogP contribution >= 0.6 is 0 Å². The summed E-state index contributed by atoms with van der Waals surface area (Å²) < 4.78 is 13.7. The van der Waals surface area contributed by atoms with Crippen LogP contribution in [0.3, 0.4) is 0 Å². The quantitative estimate of drug-likeness (QED) is 0.693. The van der Waals surface area contributed by atoms with Gasteiger partial charge in [-0.1, -0.05) is 0 Å². The van der Waals surface area contributed by atoms with Crippen molar-refractivity contribution < 1.29 is 4.39 Å². The van der Waals surface area contributed by atoms with Crippen LogP contribution in [0.25, 0.3) is 0 Å². The fraction of sp³-hybridized carbons (Fsp3) is 0.400. The van der Waals surface area contributed by atoms with Crippen molar-refractivity contribution in [1.82, 2.24) is 0 Å². The van der Waals surface area contributed by atoms with Gasteiger partial charge in [0.25, 0.3) is 0 Å². The molecular formula is C10H11AsF. The minimum absolute atomic E-state index is 0.0931. The molecule has 0 aliphatic heterocycles. The second kappa shape index (κ2) is 3.62. The van der Waals surface area contributed by atoms with Crippen LogP contribution in [0.4, 0.5) is 4.39 Å². The second-order valence-electron chi connectivity index (χ2n) is 3.20. The molecular weight excluding hydrogens is 214 g/mol. The summed E-state index contributed by atoms with van der Waals surface area (Å²) in [6.07, 6.45) is 2.85. The van der Waals surface area contributed by atoms with Gasteiger partial charge in [-0.05, 0) is 0 Å². The van der Waals surface area contributed by atoms with Crippen molar-refractivity contribution in [3.63, 3.8) is 0 Å². The zero-order valence-electron chi connectivity index (χ0n) is 6.83. The van der Waals surface area contributed by atoms with Gasteiger partial charge in [-0.3, -0.25) is 0 Å². The van der Waals surface area contributed by atoms with Gasteiger partial charge in [0.05, 0.1) is 0 Å². The van der Waals surface area contributed by atoms with Gasteiger partial charge in [0.15, 0.2) is 0 Å². The molecule has 0 amide bonds. The fourth-order valence-electron chi connectivity index (χ4n) is 1.13. The van der Waals surface area contributed by atoms with E-state index in [0.29, 0.717) is 15.8 Å². The molecule has 0 bridgehead atoms. The van der Waals surface area contributed by atoms with Crippen LogP contribution in [-0.4, -0.2) is 15.8 Å². The van der Waals surface area contributed by atoms with Crippen molar-refractivity contribution in [3.8, 4) is 0 Å². The van der Waals surface area contributed by atoms with E-state index in [1.807, 2.05) is 6.07 Å². The van der Waals surface area contributed by atoms with Crippen molar-refractivity contribution in [1.29, 1.82) is 0 Å². The zero-order valence-corrected chi connectivity index (χ0v) is 8.71. The molecule has 0 N–H and O–H groups in total. The average molecular weight is 225 g/mol. The van der Waals surface area contributed by atoms with Gasteiger partial charge in [0, 0.05) is 0 Å². The van der Waals surface area contributed by atoms with Crippen molar-refractivity contribution >= 4 is 15.8 Å². The van der Waals surface area contributed by atoms with Gasteiger partial charge in [-0.2, -0.15) is 0 Å². The van der Waals surface area contributed by atoms with E-state index in [9.17, 15) is 4.39 Å². The molecule has 1 saturated carbocycles. The number of hydrogen-bond acceptors (Lipinski definition) is 0. The summed E-state index contributed by atoms with van der Waals surface area (Å²) >= 11 is 0.454. The van der Waals surface area contributed by atoms with Crippen LogP contribution in [0, 0.1) is 5.82 Å². The predicted molar refractivity (Wildman–Crippen MR) is 48.8 cm³/mol. The van der Waals surface area contributed by atoms with Crippen molar-refractivity contribution in [2.75, 3.05) is 0 Å². The number of hydrogen-bond donors (Lipinski definition) is 0. The molecule has 1 radical (unpaired) electrons. The fourth-order valence-corrected chi connectivity index (χ4v) is 3.60. The normalized spacial score (nSPS) is 17.4. The zero-order chi connectivity index (χ0) is 8.39. The first-order valence-electron chi connectivity index (χ1n) is 4.25. The Morgan fingerprint density at radius 2 is 2.25 bits per heavy atom. The molecule has 0 aromatic heterocycles. The third-order valence-corrected chi connectivity index (χ3v) is 5.28. The molecule has 1 aliphatic carbocycles. The number of rotatable bonds is 3. The molecule has 0 nitrogen and oxygen atoms in total. The van der Waals surface area contributed by atoms with Crippen LogP contribution in [-0.2, 0) is 5.21 Å². The molecule has 0 saturated heterocycles. The summed E-state index contributed by atoms with van der Waals surface area (Å²) in [6.45, 7) is 0. The molecule has 63 valence electrons. The summed E-state index contributed by atoms with van der Waals surface area (Å²) in [6, 6.07) is 7.01. The van der Waals surface area contributed by atoms with E-state index in [0.717, 1.165) is 9.91 Å². The van der Waals surface area contributed by atoms with Crippen molar-refractivity contribution in [2.45, 2.75) is 22.8 Å². The topological polar surface area (TPSA) is 0 Å². The Balaban J connectivity index is 1.92. The van der Waals surface area contributed by atoms with Crippen LogP contribution in [0.1, 0.15) is 18.4 Å². The van der Waals surface area contributed by atoms with E-state index in [1.165, 1.54) is 24.5 Å². The van der Waals surface area contributed by atoms with Crippen LogP contribution in [0.2, 0.25) is 4.71 Å². The van der Waals surface area contributed by atoms with Gasteiger partial charge in [-0.15, -0.1) is 0 Å². The predicted octanol–water partition coefficient (Wildman–Crippen LogP) is 2.61. The van der Waals surface area contributed by atoms with Crippen LogP contribution in [0.15, 0.2) is 24.3 Å². The maximum absolute atomic E-state index is 12.7. The summed E-state index contributed by atoms with van der Waals surface area (Å²) in [5.41, 5.74) is 1.18. The summed E-state index contributed by atoms with van der Waals surface area (Å²) in [4.78, 5) is 0. The third-order valence-electron chi connectivity index (χ3n) is 1.97. The summed E-state index contributed by atoms with van der Waals surface area (Å²) in [7, 11) is 0. The van der Waals surface area contributed by atoms with Gasteiger partial charge in [0.2, 0.25) is 0 Å². The van der Waals surface area contributed by atoms with Crippen molar-refractivity contribution in [3.05, 3.63) is 35.6 Å². The van der Waals surface area contributed by atoms with Gasteiger partial charge >= 0.3 is 78.5 Å². The van der Waals surface area contributed by atoms with Crippen LogP contribution < -0.4 is 0 Å². The molecule has 12 heavy (non-hydrogen) atoms. The van der Waals surface area contributed by atoms with Gasteiger partial charge in [-0.25, -0.2) is 0 Å². The molecule has 0 spiro atoms. The number of benzene rings is 1. The van der Waals surface area contributed by atoms with Gasteiger partial charge < -0.3 is 0 Å². The molecule has 0 atom stereocenters.